The number of thiocarbonyl (C=S) groups is 1. The molecule has 12 heavy (non-hydrogen) atoms. The Morgan fingerprint density at radius 1 is 1.33 bits per heavy atom. The van der Waals surface area contributed by atoms with Crippen LogP contribution in [-0.2, 0) is 0 Å². The molecule has 1 heterocycles. The second kappa shape index (κ2) is 2.87. The molecule has 1 N–H and O–H groups in total. The highest BCUT2D eigenvalue weighted by Gasteiger charge is 2.22. The van der Waals surface area contributed by atoms with Crippen molar-refractivity contribution in [1.82, 2.24) is 5.32 Å². The van der Waals surface area contributed by atoms with E-state index in [4.69, 9.17) is 12.2 Å². The number of nitrogens with one attached hydrogen (secondary N) is 1. The minimum atomic E-state index is 0.470. The first-order chi connectivity index (χ1) is 5.75. The molecule has 1 aromatic rings. The molecule has 0 amide bonds. The molecular weight excluding hydrogens is 166 g/mol. The Balaban J connectivity index is 2.14. The largest absolute Gasteiger partial charge is 0.372 e. The van der Waals surface area contributed by atoms with Gasteiger partial charge in [0, 0.05) is 6.42 Å². The minimum Gasteiger partial charge on any atom is -0.372 e. The van der Waals surface area contributed by atoms with Gasteiger partial charge in [-0.25, -0.2) is 0 Å². The summed E-state index contributed by atoms with van der Waals surface area (Å²) < 4.78 is 0. The smallest absolute Gasteiger partial charge is 0.0782 e. The number of benzene rings is 1. The van der Waals surface area contributed by atoms with Gasteiger partial charge in [0.2, 0.25) is 0 Å². The molecule has 2 rings (SSSR count). The van der Waals surface area contributed by atoms with Crippen molar-refractivity contribution in [2.24, 2.45) is 0 Å². The van der Waals surface area contributed by atoms with Gasteiger partial charge in [-0.15, -0.1) is 0 Å². The highest BCUT2D eigenvalue weighted by Crippen LogP contribution is 2.24. The van der Waals surface area contributed by atoms with Crippen LogP contribution in [0.3, 0.4) is 0 Å². The summed E-state index contributed by atoms with van der Waals surface area (Å²) in [6, 6.07) is 9.07. The van der Waals surface area contributed by atoms with E-state index in [1.54, 1.807) is 0 Å². The van der Waals surface area contributed by atoms with Crippen LogP contribution in [0.2, 0.25) is 0 Å². The van der Waals surface area contributed by atoms with E-state index in [0.717, 1.165) is 11.4 Å². The summed E-state index contributed by atoms with van der Waals surface area (Å²) in [4.78, 5) is 0.987. The SMILES string of the molecule is Cc1ccc(C2CC(=S)N2)cc1. The average Bonchev–Trinajstić information content (AvgIpc) is 2.01. The van der Waals surface area contributed by atoms with Gasteiger partial charge in [-0.2, -0.15) is 0 Å². The maximum absolute atomic E-state index is 4.98. The molecule has 1 aromatic carbocycles. The second-order valence-corrected chi connectivity index (χ2v) is 3.73. The van der Waals surface area contributed by atoms with Crippen molar-refractivity contribution >= 4 is 17.2 Å². The van der Waals surface area contributed by atoms with Crippen LogP contribution >= 0.6 is 12.2 Å². The zero-order chi connectivity index (χ0) is 8.55. The van der Waals surface area contributed by atoms with E-state index in [-0.39, 0.29) is 0 Å². The lowest BCUT2D eigenvalue weighted by atomic mass is 9.97. The molecule has 62 valence electrons. The molecular formula is C10H11NS. The summed E-state index contributed by atoms with van der Waals surface area (Å²) in [7, 11) is 0. The predicted molar refractivity (Wildman–Crippen MR) is 54.3 cm³/mol. The van der Waals surface area contributed by atoms with Crippen LogP contribution in [0.15, 0.2) is 24.3 Å². The van der Waals surface area contributed by atoms with Gasteiger partial charge in [0.15, 0.2) is 0 Å². The number of hydrogen-bond acceptors (Lipinski definition) is 1. The van der Waals surface area contributed by atoms with Gasteiger partial charge in [0.25, 0.3) is 0 Å². The Bertz CT molecular complexity index is 294. The molecule has 1 fully saturated rings. The second-order valence-electron chi connectivity index (χ2n) is 3.23. The molecule has 1 unspecified atom stereocenters. The molecule has 1 saturated heterocycles. The van der Waals surface area contributed by atoms with Crippen molar-refractivity contribution in [3.8, 4) is 0 Å². The van der Waals surface area contributed by atoms with Gasteiger partial charge in [-0.1, -0.05) is 42.0 Å². The van der Waals surface area contributed by atoms with Crippen LogP contribution in [0, 0.1) is 6.92 Å². The molecule has 0 spiro atoms. The van der Waals surface area contributed by atoms with Crippen LogP contribution in [0.1, 0.15) is 23.6 Å². The van der Waals surface area contributed by atoms with Crippen molar-refractivity contribution in [2.75, 3.05) is 0 Å². The van der Waals surface area contributed by atoms with Gasteiger partial charge >= 0.3 is 0 Å². The van der Waals surface area contributed by atoms with Crippen LogP contribution < -0.4 is 5.32 Å². The van der Waals surface area contributed by atoms with E-state index < -0.39 is 0 Å². The first kappa shape index (κ1) is 7.74. The van der Waals surface area contributed by atoms with Crippen molar-refractivity contribution in [3.63, 3.8) is 0 Å². The molecule has 1 nitrogen and oxygen atoms in total. The topological polar surface area (TPSA) is 12.0 Å². The lowest BCUT2D eigenvalue weighted by Crippen LogP contribution is -2.39. The van der Waals surface area contributed by atoms with E-state index in [0.29, 0.717) is 6.04 Å². The fourth-order valence-electron chi connectivity index (χ4n) is 1.36. The standard InChI is InChI=1S/C10H11NS/c1-7-2-4-8(5-3-7)9-6-10(12)11-9/h2-5,9H,6H2,1H3,(H,11,12). The summed E-state index contributed by atoms with van der Waals surface area (Å²) in [6.07, 6.45) is 1.01. The van der Waals surface area contributed by atoms with Crippen LogP contribution in [0.4, 0.5) is 0 Å². The lowest BCUT2D eigenvalue weighted by Gasteiger charge is -2.30. The van der Waals surface area contributed by atoms with Crippen molar-refractivity contribution in [2.45, 2.75) is 19.4 Å². The van der Waals surface area contributed by atoms with Crippen molar-refractivity contribution in [3.05, 3.63) is 35.4 Å². The maximum atomic E-state index is 4.98. The third-order valence-corrected chi connectivity index (χ3v) is 2.49. The lowest BCUT2D eigenvalue weighted by molar-refractivity contribution is 0.591. The normalized spacial score (nSPS) is 21.4. The van der Waals surface area contributed by atoms with Gasteiger partial charge < -0.3 is 5.32 Å². The van der Waals surface area contributed by atoms with Crippen LogP contribution in [0.25, 0.3) is 0 Å². The van der Waals surface area contributed by atoms with Gasteiger partial charge in [0.05, 0.1) is 11.0 Å². The fourth-order valence-corrected chi connectivity index (χ4v) is 1.67. The first-order valence-corrected chi connectivity index (χ1v) is 4.52. The number of rotatable bonds is 1. The Morgan fingerprint density at radius 3 is 2.42 bits per heavy atom. The number of aryl methyl sites for hydroxylation is 1. The van der Waals surface area contributed by atoms with E-state index in [9.17, 15) is 0 Å². The monoisotopic (exact) mass is 177 g/mol. The Morgan fingerprint density at radius 2 is 1.92 bits per heavy atom. The average molecular weight is 177 g/mol. The molecule has 2 heteroatoms. The van der Waals surface area contributed by atoms with Crippen molar-refractivity contribution < 1.29 is 0 Å². The van der Waals surface area contributed by atoms with E-state index >= 15 is 0 Å². The molecule has 1 atom stereocenters. The summed E-state index contributed by atoms with van der Waals surface area (Å²) in [5, 5.41) is 3.21. The summed E-state index contributed by atoms with van der Waals surface area (Å²) in [5.41, 5.74) is 2.65. The molecule has 0 bridgehead atoms. The molecule has 0 saturated carbocycles. The van der Waals surface area contributed by atoms with Crippen molar-refractivity contribution in [1.29, 1.82) is 0 Å². The Labute approximate surface area is 77.8 Å². The first-order valence-electron chi connectivity index (χ1n) is 4.11. The molecule has 0 aliphatic carbocycles. The molecule has 0 radical (unpaired) electrons. The molecule has 0 aromatic heterocycles. The van der Waals surface area contributed by atoms with Gasteiger partial charge in [0.1, 0.15) is 0 Å². The highest BCUT2D eigenvalue weighted by molar-refractivity contribution is 7.80. The highest BCUT2D eigenvalue weighted by atomic mass is 32.1. The predicted octanol–water partition coefficient (Wildman–Crippen LogP) is 2.36. The van der Waals surface area contributed by atoms with E-state index in [1.807, 2.05) is 0 Å². The Kier molecular flexibility index (Phi) is 1.85. The minimum absolute atomic E-state index is 0.470. The van der Waals surface area contributed by atoms with Gasteiger partial charge in [-0.05, 0) is 12.5 Å². The third kappa shape index (κ3) is 1.34. The summed E-state index contributed by atoms with van der Waals surface area (Å²) in [5.74, 6) is 0. The fraction of sp³-hybridized carbons (Fsp3) is 0.300. The number of hydrogen-bond donors (Lipinski definition) is 1. The third-order valence-electron chi connectivity index (χ3n) is 2.20. The zero-order valence-corrected chi connectivity index (χ0v) is 7.82. The van der Waals surface area contributed by atoms with Gasteiger partial charge in [-0.3, -0.25) is 0 Å². The van der Waals surface area contributed by atoms with Crippen LogP contribution in [-0.4, -0.2) is 4.99 Å². The Hall–Kier alpha value is -0.890. The zero-order valence-electron chi connectivity index (χ0n) is 7.00. The molecule has 1 aliphatic heterocycles. The quantitative estimate of drug-likeness (QED) is 0.661. The van der Waals surface area contributed by atoms with E-state index in [2.05, 4.69) is 36.5 Å². The maximum Gasteiger partial charge on any atom is 0.0782 e. The molecule has 1 aliphatic rings. The van der Waals surface area contributed by atoms with E-state index in [1.165, 1.54) is 11.1 Å². The summed E-state index contributed by atoms with van der Waals surface area (Å²) in [6.45, 7) is 2.10. The summed E-state index contributed by atoms with van der Waals surface area (Å²) >= 11 is 4.98. The van der Waals surface area contributed by atoms with Crippen LogP contribution in [0.5, 0.6) is 0 Å².